The maximum Gasteiger partial charge on any atom is 0.460 e. The van der Waals surface area contributed by atoms with Crippen LogP contribution >= 0.6 is 11.8 Å². The van der Waals surface area contributed by atoms with E-state index in [-0.39, 0.29) is 12.1 Å². The fourth-order valence-corrected chi connectivity index (χ4v) is 4.09. The average molecular weight is 490 g/mol. The second-order valence-corrected chi connectivity index (χ2v) is 8.26. The van der Waals surface area contributed by atoms with Crippen molar-refractivity contribution in [1.82, 2.24) is 0 Å². The van der Waals surface area contributed by atoms with Crippen molar-refractivity contribution in [2.24, 2.45) is 0 Å². The number of sulfone groups is 1. The van der Waals surface area contributed by atoms with Crippen molar-refractivity contribution in [3.63, 3.8) is 0 Å². The molecule has 19 heteroatoms. The molecule has 0 bridgehead atoms. The highest BCUT2D eigenvalue weighted by Gasteiger charge is 2.73. The summed E-state index contributed by atoms with van der Waals surface area (Å²) in [7, 11) is -5.33. The standard InChI is InChI=1S/C11H5F7N2O8S2/c12-9(13,10(14,15)16)11(17,18)29-4-1-5(19(23)24)8(6(2-4)20(25)26)30(27,28)3-7(21)22/h1-2H,3H2,(H,21,22). The largest absolute Gasteiger partial charge is 0.480 e. The molecule has 0 aliphatic heterocycles. The van der Waals surface area contributed by atoms with Gasteiger partial charge in [-0.05, 0) is 11.8 Å². The molecular formula is C11H5F7N2O8S2. The van der Waals surface area contributed by atoms with Crippen LogP contribution in [0.3, 0.4) is 0 Å². The van der Waals surface area contributed by atoms with Crippen LogP contribution in [-0.4, -0.2) is 52.4 Å². The Balaban J connectivity index is 3.77. The van der Waals surface area contributed by atoms with Gasteiger partial charge in [0.1, 0.15) is 0 Å². The van der Waals surface area contributed by atoms with Gasteiger partial charge in [0, 0.05) is 17.0 Å². The summed E-state index contributed by atoms with van der Waals surface area (Å²) in [5, 5.41) is 24.6. The number of benzene rings is 1. The van der Waals surface area contributed by atoms with Gasteiger partial charge in [0.05, 0.1) is 9.85 Å². The number of carboxylic acids is 1. The zero-order valence-electron chi connectivity index (χ0n) is 13.5. The van der Waals surface area contributed by atoms with E-state index in [1.165, 1.54) is 0 Å². The van der Waals surface area contributed by atoms with Crippen LogP contribution in [0.5, 0.6) is 0 Å². The Morgan fingerprint density at radius 2 is 1.40 bits per heavy atom. The molecule has 0 saturated heterocycles. The van der Waals surface area contributed by atoms with Crippen LogP contribution in [0.1, 0.15) is 0 Å². The molecule has 0 aromatic heterocycles. The smallest absolute Gasteiger partial charge is 0.460 e. The monoisotopic (exact) mass is 490 g/mol. The van der Waals surface area contributed by atoms with Crippen molar-refractivity contribution >= 4 is 38.9 Å². The molecule has 0 amide bonds. The summed E-state index contributed by atoms with van der Waals surface area (Å²) >= 11 is -1.65. The number of hydrogen-bond donors (Lipinski definition) is 1. The summed E-state index contributed by atoms with van der Waals surface area (Å²) in [6, 6.07) is -0.459. The molecule has 0 fully saturated rings. The van der Waals surface area contributed by atoms with Crippen molar-refractivity contribution in [1.29, 1.82) is 0 Å². The van der Waals surface area contributed by atoms with E-state index in [9.17, 15) is 64.2 Å². The van der Waals surface area contributed by atoms with Crippen LogP contribution in [0.15, 0.2) is 21.9 Å². The number of nitrogens with zero attached hydrogens (tertiary/aromatic N) is 2. The maximum atomic E-state index is 13.5. The zero-order chi connectivity index (χ0) is 23.9. The lowest BCUT2D eigenvalue weighted by atomic mass is 10.3. The van der Waals surface area contributed by atoms with Gasteiger partial charge in [-0.25, -0.2) is 8.42 Å². The minimum Gasteiger partial charge on any atom is -0.480 e. The van der Waals surface area contributed by atoms with E-state index in [1.807, 2.05) is 0 Å². The van der Waals surface area contributed by atoms with E-state index in [0.29, 0.717) is 0 Å². The van der Waals surface area contributed by atoms with Gasteiger partial charge in [-0.15, -0.1) is 0 Å². The number of carbonyl (C=O) groups is 1. The Morgan fingerprint density at radius 3 is 1.70 bits per heavy atom. The second kappa shape index (κ2) is 7.85. The highest BCUT2D eigenvalue weighted by atomic mass is 32.2. The van der Waals surface area contributed by atoms with Crippen LogP contribution in [0.2, 0.25) is 0 Å². The van der Waals surface area contributed by atoms with E-state index in [0.717, 1.165) is 0 Å². The molecule has 10 nitrogen and oxygen atoms in total. The molecule has 1 rings (SSSR count). The van der Waals surface area contributed by atoms with Crippen LogP contribution < -0.4 is 0 Å². The number of thioether (sulfide) groups is 1. The molecular weight excluding hydrogens is 485 g/mol. The molecule has 0 spiro atoms. The normalized spacial score (nSPS) is 13.2. The quantitative estimate of drug-likeness (QED) is 0.250. The summed E-state index contributed by atoms with van der Waals surface area (Å²) in [5.74, 6) is -10.7. The number of alkyl halides is 7. The van der Waals surface area contributed by atoms with Gasteiger partial charge >= 0.3 is 23.3 Å². The molecule has 0 aliphatic rings. The zero-order valence-corrected chi connectivity index (χ0v) is 15.2. The number of nitro groups is 2. The minimum atomic E-state index is -6.77. The van der Waals surface area contributed by atoms with E-state index in [2.05, 4.69) is 0 Å². The maximum absolute atomic E-state index is 13.5. The van der Waals surface area contributed by atoms with Gasteiger partial charge in [-0.1, -0.05) is 0 Å². The summed E-state index contributed by atoms with van der Waals surface area (Å²) in [4.78, 5) is 25.9. The van der Waals surface area contributed by atoms with Crippen LogP contribution in [-0.2, 0) is 14.6 Å². The van der Waals surface area contributed by atoms with Crippen molar-refractivity contribution in [3.05, 3.63) is 32.4 Å². The Morgan fingerprint density at radius 1 is 1.00 bits per heavy atom. The fourth-order valence-electron chi connectivity index (χ4n) is 1.83. The minimum absolute atomic E-state index is 0.229. The Bertz CT molecular complexity index is 974. The molecule has 168 valence electrons. The molecule has 0 saturated carbocycles. The third kappa shape index (κ3) is 4.89. The lowest BCUT2D eigenvalue weighted by Gasteiger charge is -2.27. The molecule has 0 radical (unpaired) electrons. The molecule has 30 heavy (non-hydrogen) atoms. The Labute approximate surface area is 163 Å². The van der Waals surface area contributed by atoms with Gasteiger partial charge in [0.2, 0.25) is 14.7 Å². The number of hydrogen-bond acceptors (Lipinski definition) is 8. The molecule has 1 N–H and O–H groups in total. The molecule has 1 aromatic carbocycles. The highest BCUT2D eigenvalue weighted by Crippen LogP contribution is 2.54. The summed E-state index contributed by atoms with van der Waals surface area (Å²) in [5.41, 5.74) is -3.75. The SMILES string of the molecule is O=C(O)CS(=O)(=O)c1c([N+](=O)[O-])cc(SC(F)(F)C(F)(F)C(F)(F)F)cc1[N+](=O)[O-]. The number of aliphatic carboxylic acids is 1. The average Bonchev–Trinajstić information content (AvgIpc) is 2.50. The van der Waals surface area contributed by atoms with E-state index < -0.39 is 81.7 Å². The molecule has 0 heterocycles. The highest BCUT2D eigenvalue weighted by molar-refractivity contribution is 8.00. The first-order chi connectivity index (χ1) is 13.2. The van der Waals surface area contributed by atoms with Gasteiger partial charge < -0.3 is 5.11 Å². The number of nitro benzene ring substituents is 2. The number of carboxylic acid groups (broad SMARTS) is 1. The molecule has 0 unspecified atom stereocenters. The van der Waals surface area contributed by atoms with Crippen LogP contribution in [0.4, 0.5) is 42.1 Å². The molecule has 0 aliphatic carbocycles. The molecule has 0 atom stereocenters. The first-order valence-corrected chi connectivity index (χ1v) is 9.14. The van der Waals surface area contributed by atoms with E-state index in [4.69, 9.17) is 5.11 Å². The third-order valence-electron chi connectivity index (χ3n) is 3.01. The predicted octanol–water partition coefficient (Wildman–Crippen LogP) is 3.24. The lowest BCUT2D eigenvalue weighted by Crippen LogP contribution is -2.49. The van der Waals surface area contributed by atoms with E-state index in [1.54, 1.807) is 0 Å². The van der Waals surface area contributed by atoms with Crippen molar-refractivity contribution < 1.29 is 58.9 Å². The molecule has 1 aromatic rings. The summed E-state index contributed by atoms with van der Waals surface area (Å²) < 4.78 is 114. The van der Waals surface area contributed by atoms with Gasteiger partial charge in [-0.2, -0.15) is 30.7 Å². The first kappa shape index (κ1) is 25.3. The Kier molecular flexibility index (Phi) is 6.63. The second-order valence-electron chi connectivity index (χ2n) is 5.15. The number of halogens is 7. The fraction of sp³-hybridized carbons (Fsp3) is 0.364. The third-order valence-corrected chi connectivity index (χ3v) is 5.66. The van der Waals surface area contributed by atoms with Crippen molar-refractivity contribution in [2.75, 3.05) is 5.75 Å². The van der Waals surface area contributed by atoms with Gasteiger partial charge in [0.25, 0.3) is 11.4 Å². The van der Waals surface area contributed by atoms with E-state index >= 15 is 0 Å². The number of rotatable bonds is 8. The van der Waals surface area contributed by atoms with Crippen molar-refractivity contribution in [2.45, 2.75) is 27.1 Å². The first-order valence-electron chi connectivity index (χ1n) is 6.67. The van der Waals surface area contributed by atoms with Crippen molar-refractivity contribution in [3.8, 4) is 0 Å². The van der Waals surface area contributed by atoms with Gasteiger partial charge in [0.15, 0.2) is 5.75 Å². The van der Waals surface area contributed by atoms with Crippen LogP contribution in [0.25, 0.3) is 0 Å². The summed E-state index contributed by atoms with van der Waals surface area (Å²) in [6.45, 7) is 0. The summed E-state index contributed by atoms with van der Waals surface area (Å²) in [6.07, 6.45) is -6.77. The van der Waals surface area contributed by atoms with Gasteiger partial charge in [-0.3, -0.25) is 25.0 Å². The predicted molar refractivity (Wildman–Crippen MR) is 81.2 cm³/mol. The van der Waals surface area contributed by atoms with Crippen LogP contribution in [0, 0.1) is 20.2 Å². The topological polar surface area (TPSA) is 158 Å². The lowest BCUT2D eigenvalue weighted by molar-refractivity contribution is -0.400. The Hall–Kier alpha value is -2.70.